The Balaban J connectivity index is 1.46. The molecule has 1 heterocycles. The fraction of sp³-hybridized carbons (Fsp3) is 0.300. The molecule has 5 nitrogen and oxygen atoms in total. The van der Waals surface area contributed by atoms with Crippen molar-refractivity contribution in [2.75, 3.05) is 18.4 Å². The molecule has 2 aromatic rings. The van der Waals surface area contributed by atoms with E-state index in [1.165, 1.54) is 5.56 Å². The summed E-state index contributed by atoms with van der Waals surface area (Å²) in [7, 11) is 0. The van der Waals surface area contributed by atoms with E-state index in [2.05, 4.69) is 27.7 Å². The van der Waals surface area contributed by atoms with Gasteiger partial charge in [0, 0.05) is 25.7 Å². The van der Waals surface area contributed by atoms with Crippen LogP contribution in [0.4, 0.5) is 5.69 Å². The molecule has 0 atom stereocenters. The molecule has 0 aromatic heterocycles. The highest BCUT2D eigenvalue weighted by Crippen LogP contribution is 2.29. The number of hydrogen-bond donors (Lipinski definition) is 2. The number of hydrogen-bond acceptors (Lipinski definition) is 3. The van der Waals surface area contributed by atoms with Gasteiger partial charge in [-0.25, -0.2) is 0 Å². The van der Waals surface area contributed by atoms with Crippen LogP contribution >= 0.6 is 23.2 Å². The van der Waals surface area contributed by atoms with Crippen molar-refractivity contribution in [1.29, 1.82) is 0 Å². The van der Waals surface area contributed by atoms with Gasteiger partial charge in [-0.2, -0.15) is 0 Å². The molecule has 27 heavy (non-hydrogen) atoms. The lowest BCUT2D eigenvalue weighted by Gasteiger charge is -2.32. The first kappa shape index (κ1) is 19.7. The lowest BCUT2D eigenvalue weighted by molar-refractivity contribution is -0.136. The molecule has 0 saturated carbocycles. The average Bonchev–Trinajstić information content (AvgIpc) is 2.68. The highest BCUT2D eigenvalue weighted by atomic mass is 35.5. The maximum absolute atomic E-state index is 12.2. The summed E-state index contributed by atoms with van der Waals surface area (Å²) in [4.78, 5) is 26.6. The number of anilines is 1. The molecule has 0 spiro atoms. The molecule has 2 aromatic carbocycles. The van der Waals surface area contributed by atoms with Gasteiger partial charge in [-0.15, -0.1) is 0 Å². The van der Waals surface area contributed by atoms with Crippen LogP contribution in [-0.4, -0.2) is 35.8 Å². The minimum atomic E-state index is -0.745. The minimum Gasteiger partial charge on any atom is -0.345 e. The van der Waals surface area contributed by atoms with E-state index in [0.29, 0.717) is 10.7 Å². The van der Waals surface area contributed by atoms with Gasteiger partial charge in [-0.05, 0) is 30.5 Å². The van der Waals surface area contributed by atoms with E-state index >= 15 is 0 Å². The largest absolute Gasteiger partial charge is 0.345 e. The molecule has 1 fully saturated rings. The van der Waals surface area contributed by atoms with E-state index in [9.17, 15) is 9.59 Å². The van der Waals surface area contributed by atoms with E-state index in [0.717, 1.165) is 32.5 Å². The number of nitrogens with zero attached hydrogens (tertiary/aromatic N) is 1. The van der Waals surface area contributed by atoms with Crippen molar-refractivity contribution in [3.8, 4) is 0 Å². The predicted molar refractivity (Wildman–Crippen MR) is 108 cm³/mol. The van der Waals surface area contributed by atoms with Gasteiger partial charge in [0.25, 0.3) is 0 Å². The van der Waals surface area contributed by atoms with Crippen LogP contribution in [0.15, 0.2) is 48.5 Å². The summed E-state index contributed by atoms with van der Waals surface area (Å²) >= 11 is 11.9. The van der Waals surface area contributed by atoms with Crippen molar-refractivity contribution in [2.24, 2.45) is 0 Å². The third kappa shape index (κ3) is 5.45. The third-order valence-corrected chi connectivity index (χ3v) is 5.40. The number of nitrogens with one attached hydrogen (secondary N) is 2. The summed E-state index contributed by atoms with van der Waals surface area (Å²) in [6, 6.07) is 15.2. The Labute approximate surface area is 168 Å². The summed E-state index contributed by atoms with van der Waals surface area (Å²) in [6.45, 7) is 2.65. The zero-order valence-electron chi connectivity index (χ0n) is 14.8. The molecule has 3 rings (SSSR count). The quantitative estimate of drug-likeness (QED) is 0.761. The van der Waals surface area contributed by atoms with Crippen molar-refractivity contribution in [3.05, 3.63) is 64.1 Å². The number of rotatable bonds is 4. The molecular formula is C20H21Cl2N3O2. The average molecular weight is 406 g/mol. The van der Waals surface area contributed by atoms with Crippen molar-refractivity contribution in [2.45, 2.75) is 25.4 Å². The van der Waals surface area contributed by atoms with Crippen LogP contribution in [0, 0.1) is 0 Å². The highest BCUT2D eigenvalue weighted by Gasteiger charge is 2.24. The van der Waals surface area contributed by atoms with Crippen LogP contribution in [0.5, 0.6) is 0 Å². The second-order valence-corrected chi connectivity index (χ2v) is 7.35. The van der Waals surface area contributed by atoms with Gasteiger partial charge >= 0.3 is 11.8 Å². The summed E-state index contributed by atoms with van der Waals surface area (Å²) < 4.78 is 0. The number of carbonyl (C=O) groups is 2. The van der Waals surface area contributed by atoms with Crippen LogP contribution < -0.4 is 10.6 Å². The Bertz CT molecular complexity index is 806. The molecule has 0 unspecified atom stereocenters. The fourth-order valence-electron chi connectivity index (χ4n) is 3.11. The van der Waals surface area contributed by atoms with Crippen LogP contribution in [0.25, 0.3) is 0 Å². The number of amides is 2. The van der Waals surface area contributed by atoms with E-state index in [1.807, 2.05) is 18.2 Å². The first-order valence-corrected chi connectivity index (χ1v) is 9.60. The molecule has 142 valence electrons. The lowest BCUT2D eigenvalue weighted by atomic mass is 10.0. The number of piperidine rings is 1. The van der Waals surface area contributed by atoms with Gasteiger partial charge in [0.2, 0.25) is 0 Å². The number of halogens is 2. The summed E-state index contributed by atoms with van der Waals surface area (Å²) in [5.74, 6) is -1.40. The Kier molecular flexibility index (Phi) is 6.72. The minimum absolute atomic E-state index is 0.00916. The van der Waals surface area contributed by atoms with E-state index in [4.69, 9.17) is 23.2 Å². The first-order chi connectivity index (χ1) is 13.0. The molecular weight excluding hydrogens is 385 g/mol. The van der Waals surface area contributed by atoms with Gasteiger partial charge in [0.05, 0.1) is 15.7 Å². The second kappa shape index (κ2) is 9.22. The molecule has 7 heteroatoms. The molecule has 1 aliphatic rings. The first-order valence-electron chi connectivity index (χ1n) is 8.85. The second-order valence-electron chi connectivity index (χ2n) is 6.56. The topological polar surface area (TPSA) is 61.4 Å². The monoisotopic (exact) mass is 405 g/mol. The Morgan fingerprint density at radius 1 is 0.963 bits per heavy atom. The Morgan fingerprint density at radius 3 is 2.37 bits per heavy atom. The van der Waals surface area contributed by atoms with E-state index in [-0.39, 0.29) is 11.1 Å². The third-order valence-electron chi connectivity index (χ3n) is 4.58. The zero-order chi connectivity index (χ0) is 19.2. The Morgan fingerprint density at radius 2 is 1.67 bits per heavy atom. The number of carbonyl (C=O) groups excluding carboxylic acids is 2. The summed E-state index contributed by atoms with van der Waals surface area (Å²) in [6.07, 6.45) is 1.62. The van der Waals surface area contributed by atoms with Crippen molar-refractivity contribution >= 4 is 40.7 Å². The molecule has 1 aliphatic heterocycles. The molecule has 2 amide bonds. The summed E-state index contributed by atoms with van der Waals surface area (Å²) in [5.41, 5.74) is 1.60. The van der Waals surface area contributed by atoms with Gasteiger partial charge < -0.3 is 10.6 Å². The Hall–Kier alpha value is -2.08. The van der Waals surface area contributed by atoms with Crippen molar-refractivity contribution in [3.63, 3.8) is 0 Å². The van der Waals surface area contributed by atoms with E-state index in [1.54, 1.807) is 18.2 Å². The number of likely N-dealkylation sites (tertiary alicyclic amines) is 1. The molecule has 2 N–H and O–H groups in total. The zero-order valence-corrected chi connectivity index (χ0v) is 16.3. The normalized spacial score (nSPS) is 15.3. The smallest absolute Gasteiger partial charge is 0.313 e. The fourth-order valence-corrected chi connectivity index (χ4v) is 3.46. The lowest BCUT2D eigenvalue weighted by Crippen LogP contribution is -2.47. The molecule has 0 aliphatic carbocycles. The SMILES string of the molecule is O=C(Nc1cccc(Cl)c1Cl)C(=O)NC1CCN(Cc2ccccc2)CC1. The maximum atomic E-state index is 12.2. The highest BCUT2D eigenvalue weighted by molar-refractivity contribution is 6.45. The van der Waals surface area contributed by atoms with Gasteiger partial charge in [0.1, 0.15) is 0 Å². The van der Waals surface area contributed by atoms with Gasteiger partial charge in [-0.3, -0.25) is 14.5 Å². The molecule has 0 radical (unpaired) electrons. The van der Waals surface area contributed by atoms with Crippen LogP contribution in [-0.2, 0) is 16.1 Å². The molecule has 0 bridgehead atoms. The standard InChI is InChI=1S/C20H21Cl2N3O2/c21-16-7-4-8-17(18(16)22)24-20(27)19(26)23-15-9-11-25(12-10-15)13-14-5-2-1-3-6-14/h1-8,15H,9-13H2,(H,23,26)(H,24,27). The number of benzene rings is 2. The van der Waals surface area contributed by atoms with Gasteiger partial charge in [-0.1, -0.05) is 59.6 Å². The van der Waals surface area contributed by atoms with Crippen LogP contribution in [0.3, 0.4) is 0 Å². The summed E-state index contributed by atoms with van der Waals surface area (Å²) in [5, 5.41) is 5.84. The van der Waals surface area contributed by atoms with Crippen molar-refractivity contribution in [1.82, 2.24) is 10.2 Å². The van der Waals surface area contributed by atoms with Gasteiger partial charge in [0.15, 0.2) is 0 Å². The van der Waals surface area contributed by atoms with E-state index < -0.39 is 11.8 Å². The van der Waals surface area contributed by atoms with Crippen LogP contribution in [0.1, 0.15) is 18.4 Å². The maximum Gasteiger partial charge on any atom is 0.313 e. The predicted octanol–water partition coefficient (Wildman–Crippen LogP) is 3.71. The van der Waals surface area contributed by atoms with Crippen LogP contribution in [0.2, 0.25) is 10.0 Å². The molecule has 1 saturated heterocycles. The van der Waals surface area contributed by atoms with Crippen molar-refractivity contribution < 1.29 is 9.59 Å².